The molecule has 5 nitrogen and oxygen atoms in total. The van der Waals surface area contributed by atoms with Gasteiger partial charge in [0, 0.05) is 0 Å². The van der Waals surface area contributed by atoms with Crippen molar-refractivity contribution in [2.45, 2.75) is 31.7 Å². The number of carbonyl (C=O) groups excluding carboxylic acids is 1. The average molecular weight is 207 g/mol. The zero-order valence-corrected chi connectivity index (χ0v) is 8.59. The van der Waals surface area contributed by atoms with E-state index in [0.717, 1.165) is 0 Å². The fraction of sp³-hybridized carbons (Fsp3) is 0.714. The third-order valence-electron chi connectivity index (χ3n) is 0.887. The number of ether oxygens (including phenoxy) is 1. The van der Waals surface area contributed by atoms with Crippen LogP contribution in [-0.2, 0) is 9.53 Å². The third kappa shape index (κ3) is 6.27. The predicted octanol–water partition coefficient (Wildman–Crippen LogP) is 0.852. The van der Waals surface area contributed by atoms with Crippen molar-refractivity contribution in [3.63, 3.8) is 0 Å². The molecule has 0 aromatic rings. The topological polar surface area (TPSA) is 75.6 Å². The minimum atomic E-state index is -1.24. The molecule has 0 saturated carbocycles. The summed E-state index contributed by atoms with van der Waals surface area (Å²) >= 11 is 3.60. The zero-order valence-electron chi connectivity index (χ0n) is 7.70. The number of nitrogens with one attached hydrogen (secondary N) is 1. The van der Waals surface area contributed by atoms with Crippen LogP contribution in [0.3, 0.4) is 0 Å². The predicted molar refractivity (Wildman–Crippen MR) is 49.8 cm³/mol. The molecule has 0 fully saturated rings. The second-order valence-corrected chi connectivity index (χ2v) is 3.90. The first-order valence-corrected chi connectivity index (χ1v) is 4.14. The second-order valence-electron chi connectivity index (χ2n) is 3.39. The van der Waals surface area contributed by atoms with Crippen molar-refractivity contribution < 1.29 is 19.4 Å². The summed E-state index contributed by atoms with van der Waals surface area (Å²) in [5.41, 5.74) is -0.643. The fourth-order valence-electron chi connectivity index (χ4n) is 0.481. The summed E-state index contributed by atoms with van der Waals surface area (Å²) in [5, 5.41) is 9.18. The minimum Gasteiger partial charge on any atom is -0.479 e. The van der Waals surface area contributed by atoms with Gasteiger partial charge in [-0.15, -0.1) is 12.6 Å². The number of alkyl carbamates (subject to hydrolysis) is 1. The van der Waals surface area contributed by atoms with E-state index in [9.17, 15) is 9.59 Å². The van der Waals surface area contributed by atoms with Gasteiger partial charge in [-0.25, -0.2) is 9.59 Å². The van der Waals surface area contributed by atoms with Crippen molar-refractivity contribution in [2.75, 3.05) is 0 Å². The molecule has 76 valence electrons. The highest BCUT2D eigenvalue weighted by Gasteiger charge is 2.20. The molecule has 0 spiro atoms. The molecular weight excluding hydrogens is 194 g/mol. The minimum absolute atomic E-state index is 0.643. The molecule has 2 N–H and O–H groups in total. The Bertz CT molecular complexity index is 211. The molecule has 0 saturated heterocycles. The fourth-order valence-corrected chi connectivity index (χ4v) is 0.586. The van der Waals surface area contributed by atoms with Gasteiger partial charge < -0.3 is 9.84 Å². The molecule has 13 heavy (non-hydrogen) atoms. The number of carboxylic acid groups (broad SMARTS) is 1. The average Bonchev–Trinajstić information content (AvgIpc) is 1.81. The molecule has 1 atom stereocenters. The first-order chi connectivity index (χ1) is 5.72. The van der Waals surface area contributed by atoms with E-state index in [2.05, 4.69) is 12.6 Å². The van der Waals surface area contributed by atoms with Crippen LogP contribution in [0.1, 0.15) is 20.8 Å². The number of carbonyl (C=O) groups is 2. The van der Waals surface area contributed by atoms with E-state index < -0.39 is 23.0 Å². The molecule has 0 heterocycles. The SMILES string of the molecule is CC(C)(C)OC(=O)NC(S)C(=O)O. The number of aliphatic carboxylic acids is 1. The van der Waals surface area contributed by atoms with Crippen LogP contribution in [0.15, 0.2) is 0 Å². The summed E-state index contributed by atoms with van der Waals surface area (Å²) in [4.78, 5) is 21.2. The molecule has 6 heteroatoms. The van der Waals surface area contributed by atoms with Crippen molar-refractivity contribution in [2.24, 2.45) is 0 Å². The summed E-state index contributed by atoms with van der Waals surface area (Å²) in [6.07, 6.45) is -0.796. The highest BCUT2D eigenvalue weighted by molar-refractivity contribution is 7.81. The maximum atomic E-state index is 10.9. The van der Waals surface area contributed by atoms with E-state index in [1.165, 1.54) is 0 Å². The van der Waals surface area contributed by atoms with Gasteiger partial charge in [-0.3, -0.25) is 5.32 Å². The van der Waals surface area contributed by atoms with Crippen LogP contribution < -0.4 is 5.32 Å². The lowest BCUT2D eigenvalue weighted by molar-refractivity contribution is -0.136. The molecule has 0 aromatic carbocycles. The van der Waals surface area contributed by atoms with E-state index in [4.69, 9.17) is 9.84 Å². The van der Waals surface area contributed by atoms with Crippen molar-refractivity contribution in [1.29, 1.82) is 0 Å². The summed E-state index contributed by atoms with van der Waals surface area (Å²) in [5.74, 6) is -1.23. The van der Waals surface area contributed by atoms with Gasteiger partial charge in [0.2, 0.25) is 0 Å². The molecule has 1 unspecified atom stereocenters. The van der Waals surface area contributed by atoms with Crippen LogP contribution in [0, 0.1) is 0 Å². The standard InChI is InChI=1S/C7H13NO4S/c1-7(2,3)12-6(11)8-4(13)5(9)10/h4,13H,1-3H3,(H,8,11)(H,9,10). The Morgan fingerprint density at radius 3 is 2.23 bits per heavy atom. The number of hydrogen-bond acceptors (Lipinski definition) is 4. The molecule has 0 aliphatic rings. The van der Waals surface area contributed by atoms with Crippen molar-refractivity contribution in [3.05, 3.63) is 0 Å². The molecule has 0 aliphatic heterocycles. The van der Waals surface area contributed by atoms with Crippen molar-refractivity contribution in [1.82, 2.24) is 5.32 Å². The number of carboxylic acids is 1. The maximum absolute atomic E-state index is 10.9. The normalized spacial score (nSPS) is 13.2. The quantitative estimate of drug-likeness (QED) is 0.463. The lowest BCUT2D eigenvalue weighted by Crippen LogP contribution is -2.40. The third-order valence-corrected chi connectivity index (χ3v) is 1.24. The maximum Gasteiger partial charge on any atom is 0.409 e. The van der Waals surface area contributed by atoms with E-state index >= 15 is 0 Å². The second kappa shape index (κ2) is 4.36. The smallest absolute Gasteiger partial charge is 0.409 e. The Balaban J connectivity index is 3.96. The monoisotopic (exact) mass is 207 g/mol. The van der Waals surface area contributed by atoms with Gasteiger partial charge in [-0.1, -0.05) is 0 Å². The van der Waals surface area contributed by atoms with Gasteiger partial charge in [0.1, 0.15) is 5.60 Å². The first kappa shape index (κ1) is 12.1. The van der Waals surface area contributed by atoms with Gasteiger partial charge in [-0.2, -0.15) is 0 Å². The summed E-state index contributed by atoms with van der Waals surface area (Å²) in [6, 6.07) is 0. The van der Waals surface area contributed by atoms with Gasteiger partial charge in [0.05, 0.1) is 0 Å². The van der Waals surface area contributed by atoms with E-state index in [0.29, 0.717) is 0 Å². The molecule has 0 rings (SSSR count). The summed E-state index contributed by atoms with van der Waals surface area (Å²) in [6.45, 7) is 5.04. The Morgan fingerprint density at radius 1 is 1.46 bits per heavy atom. The number of amides is 1. The van der Waals surface area contributed by atoms with Crippen LogP contribution in [0.25, 0.3) is 0 Å². The van der Waals surface area contributed by atoms with Crippen LogP contribution in [0.5, 0.6) is 0 Å². The highest BCUT2D eigenvalue weighted by Crippen LogP contribution is 2.06. The van der Waals surface area contributed by atoms with Crippen LogP contribution in [0.2, 0.25) is 0 Å². The molecular formula is C7H13NO4S. The molecule has 0 radical (unpaired) electrons. The van der Waals surface area contributed by atoms with Crippen LogP contribution in [0.4, 0.5) is 4.79 Å². The Labute approximate surface area is 81.9 Å². The van der Waals surface area contributed by atoms with Gasteiger partial charge in [-0.05, 0) is 20.8 Å². The van der Waals surface area contributed by atoms with Crippen LogP contribution in [-0.4, -0.2) is 28.1 Å². The molecule has 1 amide bonds. The molecule has 0 bridgehead atoms. The number of rotatable bonds is 2. The largest absolute Gasteiger partial charge is 0.479 e. The highest BCUT2D eigenvalue weighted by atomic mass is 32.1. The van der Waals surface area contributed by atoms with Crippen molar-refractivity contribution in [3.8, 4) is 0 Å². The Hall–Kier alpha value is -0.910. The number of hydrogen-bond donors (Lipinski definition) is 3. The Morgan fingerprint density at radius 2 is 1.92 bits per heavy atom. The van der Waals surface area contributed by atoms with E-state index in [1.807, 2.05) is 5.32 Å². The van der Waals surface area contributed by atoms with Crippen molar-refractivity contribution >= 4 is 24.7 Å². The molecule has 0 aromatic heterocycles. The van der Waals surface area contributed by atoms with E-state index in [-0.39, 0.29) is 0 Å². The summed E-state index contributed by atoms with van der Waals surface area (Å²) in [7, 11) is 0. The number of thiol groups is 1. The lowest BCUT2D eigenvalue weighted by atomic mass is 10.2. The van der Waals surface area contributed by atoms with Gasteiger partial charge in [0.15, 0.2) is 5.37 Å². The van der Waals surface area contributed by atoms with Crippen LogP contribution >= 0.6 is 12.6 Å². The molecule has 0 aliphatic carbocycles. The zero-order chi connectivity index (χ0) is 10.6. The van der Waals surface area contributed by atoms with Gasteiger partial charge >= 0.3 is 12.1 Å². The van der Waals surface area contributed by atoms with Gasteiger partial charge in [0.25, 0.3) is 0 Å². The first-order valence-electron chi connectivity index (χ1n) is 3.63. The summed E-state index contributed by atoms with van der Waals surface area (Å²) < 4.78 is 4.80. The van der Waals surface area contributed by atoms with E-state index in [1.54, 1.807) is 20.8 Å². The Kier molecular flexibility index (Phi) is 4.06. The lowest BCUT2D eigenvalue weighted by Gasteiger charge is -2.20.